The number of aromatic nitrogens is 1. The van der Waals surface area contributed by atoms with Gasteiger partial charge in [0.25, 0.3) is 0 Å². The van der Waals surface area contributed by atoms with E-state index in [4.69, 9.17) is 21.1 Å². The fraction of sp³-hybridized carbons (Fsp3) is 0.600. The molecule has 32 heavy (non-hydrogen) atoms. The average molecular weight is 463 g/mol. The van der Waals surface area contributed by atoms with Crippen LogP contribution in [0.25, 0.3) is 10.9 Å². The van der Waals surface area contributed by atoms with Crippen molar-refractivity contribution in [2.24, 2.45) is 0 Å². The molecule has 0 saturated heterocycles. The minimum Gasteiger partial charge on any atom is -0.485 e. The number of benzene rings is 1. The molecular formula is C25H35ClN2O4. The second kappa shape index (κ2) is 9.06. The van der Waals surface area contributed by atoms with E-state index in [0.29, 0.717) is 28.5 Å². The van der Waals surface area contributed by atoms with Crippen LogP contribution in [0.4, 0.5) is 4.79 Å². The zero-order valence-corrected chi connectivity index (χ0v) is 20.9. The fourth-order valence-corrected chi connectivity index (χ4v) is 4.40. The number of hydrogen-bond acceptors (Lipinski definition) is 5. The van der Waals surface area contributed by atoms with E-state index in [9.17, 15) is 9.90 Å². The summed E-state index contributed by atoms with van der Waals surface area (Å²) in [6, 6.07) is 4.99. The largest absolute Gasteiger partial charge is 0.485 e. The van der Waals surface area contributed by atoms with Gasteiger partial charge >= 0.3 is 6.09 Å². The van der Waals surface area contributed by atoms with E-state index in [0.717, 1.165) is 30.2 Å². The first kappa shape index (κ1) is 24.6. The van der Waals surface area contributed by atoms with E-state index in [1.165, 1.54) is 0 Å². The van der Waals surface area contributed by atoms with Crippen LogP contribution in [0.15, 0.2) is 18.2 Å². The number of amides is 1. The first-order valence-corrected chi connectivity index (χ1v) is 11.7. The molecule has 2 aromatic rings. The number of fused-ring (bicyclic) bond motifs is 2. The van der Waals surface area contributed by atoms with Crippen LogP contribution in [0.3, 0.4) is 0 Å². The molecule has 176 valence electrons. The molecular weight excluding hydrogens is 428 g/mol. The van der Waals surface area contributed by atoms with Gasteiger partial charge in [-0.1, -0.05) is 31.4 Å². The first-order valence-electron chi connectivity index (χ1n) is 11.3. The number of ether oxygens (including phenoxy) is 2. The number of unbranched alkanes of at least 4 members (excludes halogenated alkanes) is 2. The lowest BCUT2D eigenvalue weighted by molar-refractivity contribution is -0.0940. The van der Waals surface area contributed by atoms with Crippen molar-refractivity contribution in [1.82, 2.24) is 9.88 Å². The predicted molar refractivity (Wildman–Crippen MR) is 127 cm³/mol. The van der Waals surface area contributed by atoms with Crippen LogP contribution in [0.1, 0.15) is 78.0 Å². The third-order valence-electron chi connectivity index (χ3n) is 5.79. The quantitative estimate of drug-likeness (QED) is 0.423. The van der Waals surface area contributed by atoms with Crippen molar-refractivity contribution in [3.05, 3.63) is 34.5 Å². The maximum absolute atomic E-state index is 13.3. The van der Waals surface area contributed by atoms with Crippen molar-refractivity contribution in [3.8, 4) is 5.75 Å². The number of hydrogen-bond donors (Lipinski definition) is 1. The monoisotopic (exact) mass is 462 g/mol. The van der Waals surface area contributed by atoms with Gasteiger partial charge in [0.15, 0.2) is 0 Å². The summed E-state index contributed by atoms with van der Waals surface area (Å²) in [6.07, 6.45) is 1.40. The van der Waals surface area contributed by atoms with Gasteiger partial charge in [-0.15, -0.1) is 0 Å². The molecule has 0 fully saturated rings. The van der Waals surface area contributed by atoms with Gasteiger partial charge in [0.05, 0.1) is 11.6 Å². The molecule has 1 aromatic heterocycles. The van der Waals surface area contributed by atoms with Crippen molar-refractivity contribution in [1.29, 1.82) is 0 Å². The minimum atomic E-state index is -0.957. The number of carbonyl (C=O) groups is 1. The van der Waals surface area contributed by atoms with E-state index in [-0.39, 0.29) is 0 Å². The molecule has 1 aliphatic rings. The minimum absolute atomic E-state index is 0.399. The smallest absolute Gasteiger partial charge is 0.410 e. The SMILES string of the molecule is CCCCCN(C(=O)OC(C)(C)C)[C@H]1c2cc3nc(Cl)cc(C)c3cc2OC(C)(C)[C@@H]1O. The molecule has 0 aliphatic carbocycles. The second-order valence-corrected chi connectivity index (χ2v) is 10.5. The molecule has 1 aliphatic heterocycles. The molecule has 0 unspecified atom stereocenters. The van der Waals surface area contributed by atoms with Crippen molar-refractivity contribution >= 4 is 28.6 Å². The Morgan fingerprint density at radius 3 is 2.59 bits per heavy atom. The van der Waals surface area contributed by atoms with Crippen LogP contribution in [-0.2, 0) is 4.74 Å². The van der Waals surface area contributed by atoms with Gasteiger partial charge in [-0.3, -0.25) is 4.90 Å². The van der Waals surface area contributed by atoms with Gasteiger partial charge in [-0.2, -0.15) is 0 Å². The molecule has 1 amide bonds. The molecule has 3 rings (SSSR count). The topological polar surface area (TPSA) is 71.9 Å². The summed E-state index contributed by atoms with van der Waals surface area (Å²) in [5.41, 5.74) is 0.848. The van der Waals surface area contributed by atoms with Crippen LogP contribution >= 0.6 is 11.6 Å². The zero-order chi connectivity index (χ0) is 23.8. The van der Waals surface area contributed by atoms with Crippen molar-refractivity contribution in [2.75, 3.05) is 6.54 Å². The Balaban J connectivity index is 2.16. The third kappa shape index (κ3) is 5.12. The van der Waals surface area contributed by atoms with Gasteiger partial charge in [0.1, 0.15) is 28.2 Å². The third-order valence-corrected chi connectivity index (χ3v) is 5.98. The molecule has 2 heterocycles. The Hall–Kier alpha value is -2.05. The number of aryl methyl sites for hydroxylation is 1. The number of pyridine rings is 1. The van der Waals surface area contributed by atoms with Crippen molar-refractivity contribution in [3.63, 3.8) is 0 Å². The Bertz CT molecular complexity index is 1000. The Morgan fingerprint density at radius 1 is 1.28 bits per heavy atom. The lowest BCUT2D eigenvalue weighted by Gasteiger charge is -2.46. The summed E-state index contributed by atoms with van der Waals surface area (Å²) >= 11 is 6.21. The molecule has 1 N–H and O–H groups in total. The molecule has 0 spiro atoms. The predicted octanol–water partition coefficient (Wildman–Crippen LogP) is 6.20. The highest BCUT2D eigenvalue weighted by molar-refractivity contribution is 6.29. The van der Waals surface area contributed by atoms with E-state index < -0.39 is 29.4 Å². The second-order valence-electron chi connectivity index (χ2n) is 10.1. The van der Waals surface area contributed by atoms with E-state index in [1.807, 2.05) is 59.7 Å². The number of halogens is 1. The van der Waals surface area contributed by atoms with Gasteiger partial charge < -0.3 is 14.6 Å². The molecule has 1 aromatic carbocycles. The van der Waals surface area contributed by atoms with Crippen molar-refractivity contribution in [2.45, 2.75) is 91.1 Å². The lowest BCUT2D eigenvalue weighted by Crippen LogP contribution is -2.55. The Morgan fingerprint density at radius 2 is 1.97 bits per heavy atom. The highest BCUT2D eigenvalue weighted by Gasteiger charge is 2.47. The highest BCUT2D eigenvalue weighted by Crippen LogP contribution is 2.45. The van der Waals surface area contributed by atoms with E-state index >= 15 is 0 Å². The van der Waals surface area contributed by atoms with Crippen molar-refractivity contribution < 1.29 is 19.4 Å². The summed E-state index contributed by atoms with van der Waals surface area (Å²) in [5, 5.41) is 12.7. The lowest BCUT2D eigenvalue weighted by atomic mass is 9.84. The highest BCUT2D eigenvalue weighted by atomic mass is 35.5. The van der Waals surface area contributed by atoms with Gasteiger partial charge in [0, 0.05) is 17.5 Å². The number of aliphatic hydroxyl groups excluding tert-OH is 1. The van der Waals surface area contributed by atoms with Crippen LogP contribution in [0.2, 0.25) is 5.15 Å². The van der Waals surface area contributed by atoms with Gasteiger partial charge in [0.2, 0.25) is 0 Å². The summed E-state index contributed by atoms with van der Waals surface area (Å²) < 4.78 is 12.0. The summed E-state index contributed by atoms with van der Waals surface area (Å²) in [4.78, 5) is 19.4. The van der Waals surface area contributed by atoms with Gasteiger partial charge in [-0.25, -0.2) is 9.78 Å². The molecule has 0 bridgehead atoms. The van der Waals surface area contributed by atoms with E-state index in [2.05, 4.69) is 11.9 Å². The molecule has 2 atom stereocenters. The van der Waals surface area contributed by atoms with Crippen LogP contribution in [0.5, 0.6) is 5.75 Å². The molecule has 0 radical (unpaired) electrons. The summed E-state index contributed by atoms with van der Waals surface area (Å²) in [7, 11) is 0. The summed E-state index contributed by atoms with van der Waals surface area (Å²) in [6.45, 7) is 13.8. The van der Waals surface area contributed by atoms with Crippen LogP contribution in [-0.4, -0.2) is 44.9 Å². The number of carbonyl (C=O) groups excluding carboxylic acids is 1. The van der Waals surface area contributed by atoms with Crippen LogP contribution in [0, 0.1) is 6.92 Å². The maximum atomic E-state index is 13.3. The standard InChI is InChI=1S/C25H35ClN2O4/c1-8-9-10-11-28(23(30)32-24(3,4)5)21-17-13-18-16(15(2)12-20(26)27-18)14-19(17)31-25(6,7)22(21)29/h12-14,21-22,29H,8-11H2,1-7H3/t21-,22+/m0/s1. The Kier molecular flexibility index (Phi) is 6.97. The molecule has 6 nitrogen and oxygen atoms in total. The zero-order valence-electron chi connectivity index (χ0n) is 20.2. The summed E-state index contributed by atoms with van der Waals surface area (Å²) in [5.74, 6) is 0.633. The molecule has 0 saturated carbocycles. The number of aliphatic hydroxyl groups is 1. The fourth-order valence-electron chi connectivity index (χ4n) is 4.15. The van der Waals surface area contributed by atoms with Crippen LogP contribution < -0.4 is 4.74 Å². The number of nitrogens with zero attached hydrogens (tertiary/aromatic N) is 2. The molecule has 7 heteroatoms. The number of rotatable bonds is 5. The first-order chi connectivity index (χ1) is 14.8. The van der Waals surface area contributed by atoms with Gasteiger partial charge in [-0.05, 0) is 71.7 Å². The Labute approximate surface area is 195 Å². The average Bonchev–Trinajstić information content (AvgIpc) is 2.65. The normalized spacial score (nSPS) is 19.9. The maximum Gasteiger partial charge on any atom is 0.410 e. The van der Waals surface area contributed by atoms with E-state index in [1.54, 1.807) is 4.90 Å².